The number of rotatable bonds is 7. The molecule has 0 bridgehead atoms. The summed E-state index contributed by atoms with van der Waals surface area (Å²) >= 11 is 9.76. The summed E-state index contributed by atoms with van der Waals surface area (Å²) in [5.41, 5.74) is 2.43. The van der Waals surface area contributed by atoms with Crippen LogP contribution in [0.25, 0.3) is 11.0 Å². The van der Waals surface area contributed by atoms with E-state index in [4.69, 9.17) is 21.7 Å². The molecule has 1 aromatic heterocycles. The van der Waals surface area contributed by atoms with Crippen LogP contribution in [0.5, 0.6) is 0 Å². The first-order valence-electron chi connectivity index (χ1n) is 8.22. The summed E-state index contributed by atoms with van der Waals surface area (Å²) in [7, 11) is 1.65. The smallest absolute Gasteiger partial charge is 0.203 e. The number of carbonyl (C=O) groups excluding carboxylic acids is 1. The molecule has 0 atom stereocenters. The maximum absolute atomic E-state index is 12.7. The van der Waals surface area contributed by atoms with Crippen LogP contribution in [-0.4, -0.2) is 28.6 Å². The molecular weight excluding hydrogens is 418 g/mol. The van der Waals surface area contributed by atoms with E-state index < -0.39 is 0 Å². The lowest BCUT2D eigenvalue weighted by molar-refractivity contribution is 0.0971. The Hall–Kier alpha value is -1.89. The number of aromatic nitrogens is 2. The SMILES string of the molecule is COCCCn1c(=N)n(CC(=O)c2ccc(Br)cc2)c2cccc(Cl)c21. The fraction of sp³-hybridized carbons (Fsp3) is 0.263. The van der Waals surface area contributed by atoms with Gasteiger partial charge in [-0.15, -0.1) is 0 Å². The van der Waals surface area contributed by atoms with E-state index in [0.29, 0.717) is 23.7 Å². The summed E-state index contributed by atoms with van der Waals surface area (Å²) in [5.74, 6) is -0.0492. The number of para-hydroxylation sites is 1. The fourth-order valence-electron chi connectivity index (χ4n) is 2.97. The van der Waals surface area contributed by atoms with Crippen LogP contribution in [0.3, 0.4) is 0 Å². The van der Waals surface area contributed by atoms with Gasteiger partial charge in [0, 0.05) is 30.3 Å². The molecule has 0 unspecified atom stereocenters. The third kappa shape index (κ3) is 3.77. The van der Waals surface area contributed by atoms with Gasteiger partial charge in [-0.1, -0.05) is 45.7 Å². The maximum atomic E-state index is 12.7. The monoisotopic (exact) mass is 435 g/mol. The molecule has 3 rings (SSSR count). The van der Waals surface area contributed by atoms with Gasteiger partial charge in [0.1, 0.15) is 0 Å². The number of ether oxygens (including phenoxy) is 1. The van der Waals surface area contributed by atoms with E-state index >= 15 is 0 Å². The molecule has 0 amide bonds. The van der Waals surface area contributed by atoms with Gasteiger partial charge in [-0.05, 0) is 30.7 Å². The van der Waals surface area contributed by atoms with Crippen molar-refractivity contribution in [2.45, 2.75) is 19.5 Å². The van der Waals surface area contributed by atoms with Crippen LogP contribution in [0.1, 0.15) is 16.8 Å². The second kappa shape index (κ2) is 8.20. The van der Waals surface area contributed by atoms with Crippen molar-refractivity contribution in [1.29, 1.82) is 5.41 Å². The number of halogens is 2. The summed E-state index contributed by atoms with van der Waals surface area (Å²) in [6, 6.07) is 12.8. The molecule has 0 aliphatic heterocycles. The van der Waals surface area contributed by atoms with Crippen molar-refractivity contribution in [2.24, 2.45) is 0 Å². The number of Topliss-reactive ketones (excluding diaryl/α,β-unsaturated/α-hetero) is 1. The van der Waals surface area contributed by atoms with Gasteiger partial charge < -0.3 is 13.9 Å². The minimum Gasteiger partial charge on any atom is -0.385 e. The van der Waals surface area contributed by atoms with Gasteiger partial charge in [0.05, 0.1) is 22.6 Å². The van der Waals surface area contributed by atoms with Crippen molar-refractivity contribution in [3.05, 3.63) is 63.1 Å². The Bertz CT molecular complexity index is 992. The Balaban J connectivity index is 2.01. The first-order chi connectivity index (χ1) is 12.5. The Morgan fingerprint density at radius 2 is 1.92 bits per heavy atom. The predicted molar refractivity (Wildman–Crippen MR) is 106 cm³/mol. The number of aryl methyl sites for hydroxylation is 1. The van der Waals surface area contributed by atoms with Gasteiger partial charge in [0.2, 0.25) is 5.62 Å². The third-order valence-electron chi connectivity index (χ3n) is 4.24. The van der Waals surface area contributed by atoms with E-state index in [2.05, 4.69) is 15.9 Å². The number of nitrogens with one attached hydrogen (secondary N) is 1. The highest BCUT2D eigenvalue weighted by Gasteiger charge is 2.16. The van der Waals surface area contributed by atoms with E-state index in [0.717, 1.165) is 21.9 Å². The summed E-state index contributed by atoms with van der Waals surface area (Å²) in [6.07, 6.45) is 0.762. The number of benzene rings is 2. The first kappa shape index (κ1) is 18.9. The number of fused-ring (bicyclic) bond motifs is 1. The van der Waals surface area contributed by atoms with Crippen LogP contribution < -0.4 is 5.62 Å². The molecule has 1 N–H and O–H groups in total. The topological polar surface area (TPSA) is 60.0 Å². The quantitative estimate of drug-likeness (QED) is 0.444. The highest BCUT2D eigenvalue weighted by Crippen LogP contribution is 2.23. The highest BCUT2D eigenvalue weighted by molar-refractivity contribution is 9.10. The molecule has 0 spiro atoms. The number of hydrogen-bond donors (Lipinski definition) is 1. The van der Waals surface area contributed by atoms with Crippen molar-refractivity contribution in [2.75, 3.05) is 13.7 Å². The van der Waals surface area contributed by atoms with Gasteiger partial charge in [-0.25, -0.2) is 0 Å². The van der Waals surface area contributed by atoms with Crippen LogP contribution in [-0.2, 0) is 17.8 Å². The van der Waals surface area contributed by atoms with Crippen molar-refractivity contribution < 1.29 is 9.53 Å². The second-order valence-corrected chi connectivity index (χ2v) is 7.27. The lowest BCUT2D eigenvalue weighted by Gasteiger charge is -2.05. The van der Waals surface area contributed by atoms with Crippen LogP contribution >= 0.6 is 27.5 Å². The molecule has 26 heavy (non-hydrogen) atoms. The Kier molecular flexibility index (Phi) is 5.96. The average molecular weight is 437 g/mol. The van der Waals surface area contributed by atoms with E-state index in [1.165, 1.54) is 0 Å². The van der Waals surface area contributed by atoms with Crippen LogP contribution in [0, 0.1) is 5.41 Å². The van der Waals surface area contributed by atoms with Crippen molar-refractivity contribution in [3.8, 4) is 0 Å². The van der Waals surface area contributed by atoms with Gasteiger partial charge in [-0.3, -0.25) is 10.2 Å². The van der Waals surface area contributed by atoms with Gasteiger partial charge in [0.15, 0.2) is 5.78 Å². The van der Waals surface area contributed by atoms with Crippen molar-refractivity contribution in [3.63, 3.8) is 0 Å². The van der Waals surface area contributed by atoms with Crippen LogP contribution in [0.15, 0.2) is 46.9 Å². The molecule has 136 valence electrons. The van der Waals surface area contributed by atoms with E-state index in [-0.39, 0.29) is 17.9 Å². The molecule has 0 aliphatic carbocycles. The zero-order chi connectivity index (χ0) is 18.7. The van der Waals surface area contributed by atoms with Gasteiger partial charge in [0.25, 0.3) is 0 Å². The second-order valence-electron chi connectivity index (χ2n) is 5.95. The summed E-state index contributed by atoms with van der Waals surface area (Å²) in [5, 5.41) is 9.14. The lowest BCUT2D eigenvalue weighted by atomic mass is 10.1. The number of ketones is 1. The first-order valence-corrected chi connectivity index (χ1v) is 9.40. The molecular formula is C19H19BrClN3O2. The number of methoxy groups -OCH3 is 1. The summed E-state index contributed by atoms with van der Waals surface area (Å²) in [4.78, 5) is 12.7. The molecule has 1 heterocycles. The highest BCUT2D eigenvalue weighted by atomic mass is 79.9. The van der Waals surface area contributed by atoms with E-state index in [1.54, 1.807) is 29.9 Å². The lowest BCUT2D eigenvalue weighted by Crippen LogP contribution is -2.27. The average Bonchev–Trinajstić information content (AvgIpc) is 2.89. The molecule has 0 saturated heterocycles. The van der Waals surface area contributed by atoms with Crippen molar-refractivity contribution >= 4 is 44.3 Å². The maximum Gasteiger partial charge on any atom is 0.203 e. The third-order valence-corrected chi connectivity index (χ3v) is 5.07. The summed E-state index contributed by atoms with van der Waals surface area (Å²) < 4.78 is 9.58. The van der Waals surface area contributed by atoms with Crippen LogP contribution in [0.4, 0.5) is 0 Å². The van der Waals surface area contributed by atoms with Gasteiger partial charge >= 0.3 is 0 Å². The molecule has 3 aromatic rings. The molecule has 0 fully saturated rings. The Morgan fingerprint density at radius 3 is 2.62 bits per heavy atom. The Labute approximate surface area is 164 Å². The largest absolute Gasteiger partial charge is 0.385 e. The van der Waals surface area contributed by atoms with Crippen LogP contribution in [0.2, 0.25) is 5.02 Å². The number of hydrogen-bond acceptors (Lipinski definition) is 3. The number of carbonyl (C=O) groups is 1. The zero-order valence-electron chi connectivity index (χ0n) is 14.3. The Morgan fingerprint density at radius 1 is 1.19 bits per heavy atom. The normalized spacial score (nSPS) is 11.2. The van der Waals surface area contributed by atoms with Gasteiger partial charge in [-0.2, -0.15) is 0 Å². The predicted octanol–water partition coefficient (Wildman–Crippen LogP) is 4.26. The van der Waals surface area contributed by atoms with E-state index in [1.807, 2.05) is 28.8 Å². The minimum absolute atomic E-state index is 0.0492. The van der Waals surface area contributed by atoms with E-state index in [9.17, 15) is 4.79 Å². The standard InChI is InChI=1S/C19H19BrClN3O2/c1-26-11-3-10-23-18-15(21)4-2-5-16(18)24(19(23)22)12-17(25)13-6-8-14(20)9-7-13/h2,4-9,22H,3,10-12H2,1H3. The zero-order valence-corrected chi connectivity index (χ0v) is 16.7. The molecule has 0 radical (unpaired) electrons. The number of nitrogens with zero attached hydrogens (tertiary/aromatic N) is 2. The minimum atomic E-state index is -0.0492. The van der Waals surface area contributed by atoms with Crippen molar-refractivity contribution in [1.82, 2.24) is 9.13 Å². The molecule has 0 aliphatic rings. The fourth-order valence-corrected chi connectivity index (χ4v) is 3.51. The number of imidazole rings is 1. The molecule has 7 heteroatoms. The molecule has 0 saturated carbocycles. The summed E-state index contributed by atoms with van der Waals surface area (Å²) in [6.45, 7) is 1.29. The molecule has 5 nitrogen and oxygen atoms in total. The molecule has 2 aromatic carbocycles.